The Labute approximate surface area is 122 Å². The molecule has 7 heteroatoms. The zero-order valence-electron chi connectivity index (χ0n) is 11.8. The second kappa shape index (κ2) is 5.51. The van der Waals surface area contributed by atoms with Crippen molar-refractivity contribution in [3.8, 4) is 0 Å². The number of pyridine rings is 1. The predicted octanol–water partition coefficient (Wildman–Crippen LogP) is 2.11. The van der Waals surface area contributed by atoms with Gasteiger partial charge in [-0.2, -0.15) is 5.10 Å². The summed E-state index contributed by atoms with van der Waals surface area (Å²) >= 11 is 0. The van der Waals surface area contributed by atoms with E-state index in [0.717, 1.165) is 31.6 Å². The molecule has 0 radical (unpaired) electrons. The second-order valence-corrected chi connectivity index (χ2v) is 5.37. The van der Waals surface area contributed by atoms with E-state index in [1.807, 2.05) is 17.9 Å². The Kier molecular flexibility index (Phi) is 3.55. The molecule has 7 nitrogen and oxygen atoms in total. The summed E-state index contributed by atoms with van der Waals surface area (Å²) in [6, 6.07) is 1.59. The highest BCUT2D eigenvalue weighted by atomic mass is 16.6. The van der Waals surface area contributed by atoms with Crippen LogP contribution in [0.15, 0.2) is 30.9 Å². The van der Waals surface area contributed by atoms with Gasteiger partial charge in [0.05, 0.1) is 23.0 Å². The van der Waals surface area contributed by atoms with Gasteiger partial charge in [0.1, 0.15) is 6.20 Å². The molecule has 21 heavy (non-hydrogen) atoms. The van der Waals surface area contributed by atoms with E-state index in [-0.39, 0.29) is 5.69 Å². The van der Waals surface area contributed by atoms with Crippen LogP contribution in [0.5, 0.6) is 0 Å². The molecule has 0 atom stereocenters. The lowest BCUT2D eigenvalue weighted by molar-refractivity contribution is -0.385. The third-order valence-electron chi connectivity index (χ3n) is 3.98. The second-order valence-electron chi connectivity index (χ2n) is 5.37. The Morgan fingerprint density at radius 2 is 2.05 bits per heavy atom. The maximum atomic E-state index is 10.8. The normalized spacial score (nSPS) is 16.1. The summed E-state index contributed by atoms with van der Waals surface area (Å²) in [6.07, 6.45) is 9.01. The molecule has 0 aromatic carbocycles. The highest BCUT2D eigenvalue weighted by Gasteiger charge is 2.22. The smallest absolute Gasteiger partial charge is 0.289 e. The van der Waals surface area contributed by atoms with E-state index < -0.39 is 4.92 Å². The lowest BCUT2D eigenvalue weighted by Gasteiger charge is -2.32. The quantitative estimate of drug-likeness (QED) is 0.638. The van der Waals surface area contributed by atoms with Crippen molar-refractivity contribution in [1.29, 1.82) is 0 Å². The molecule has 0 unspecified atom stereocenters. The number of aromatic nitrogens is 3. The molecule has 1 aliphatic heterocycles. The van der Waals surface area contributed by atoms with Gasteiger partial charge >= 0.3 is 0 Å². The zero-order valence-corrected chi connectivity index (χ0v) is 11.8. The van der Waals surface area contributed by atoms with Crippen molar-refractivity contribution >= 4 is 11.4 Å². The number of aryl methyl sites for hydroxylation is 1. The van der Waals surface area contributed by atoms with Gasteiger partial charge in [-0.25, -0.2) is 0 Å². The molecule has 0 bridgehead atoms. The minimum Gasteiger partial charge on any atom is -0.370 e. The topological polar surface area (TPSA) is 77.1 Å². The van der Waals surface area contributed by atoms with E-state index >= 15 is 0 Å². The average molecular weight is 287 g/mol. The SMILES string of the molecule is Cn1cc(C2CCN(c3cncc([N+](=O)[O-])c3)CC2)cn1. The molecule has 0 spiro atoms. The van der Waals surface area contributed by atoms with Crippen molar-refractivity contribution in [1.82, 2.24) is 14.8 Å². The number of hydrogen-bond donors (Lipinski definition) is 0. The molecule has 0 amide bonds. The van der Waals surface area contributed by atoms with Gasteiger partial charge in [-0.05, 0) is 24.3 Å². The third kappa shape index (κ3) is 2.86. The van der Waals surface area contributed by atoms with E-state index in [0.29, 0.717) is 5.92 Å². The van der Waals surface area contributed by atoms with Crippen LogP contribution in [0.3, 0.4) is 0 Å². The Morgan fingerprint density at radius 1 is 1.29 bits per heavy atom. The molecule has 3 rings (SSSR count). The summed E-state index contributed by atoms with van der Waals surface area (Å²) < 4.78 is 1.83. The first-order valence-electron chi connectivity index (χ1n) is 6.96. The van der Waals surface area contributed by atoms with Crippen LogP contribution in [0, 0.1) is 10.1 Å². The number of hydrogen-bond acceptors (Lipinski definition) is 5. The maximum Gasteiger partial charge on any atom is 0.289 e. The Balaban J connectivity index is 1.68. The van der Waals surface area contributed by atoms with E-state index in [9.17, 15) is 10.1 Å². The van der Waals surface area contributed by atoms with Crippen LogP contribution in [-0.4, -0.2) is 32.8 Å². The minimum absolute atomic E-state index is 0.0434. The average Bonchev–Trinajstić information content (AvgIpc) is 2.94. The molecular formula is C14H17N5O2. The predicted molar refractivity (Wildman–Crippen MR) is 78.3 cm³/mol. The Hall–Kier alpha value is -2.44. The first-order chi connectivity index (χ1) is 10.1. The molecule has 1 aliphatic rings. The fourth-order valence-corrected chi connectivity index (χ4v) is 2.81. The van der Waals surface area contributed by atoms with Gasteiger partial charge in [0.15, 0.2) is 0 Å². The monoisotopic (exact) mass is 287 g/mol. The molecule has 2 aromatic heterocycles. The third-order valence-corrected chi connectivity index (χ3v) is 3.98. The van der Waals surface area contributed by atoms with Gasteiger partial charge in [0, 0.05) is 32.4 Å². The molecular weight excluding hydrogens is 270 g/mol. The molecule has 2 aromatic rings. The highest BCUT2D eigenvalue weighted by molar-refractivity contribution is 5.50. The summed E-state index contributed by atoms with van der Waals surface area (Å²) in [6.45, 7) is 1.75. The van der Waals surface area contributed by atoms with Crippen LogP contribution in [0.4, 0.5) is 11.4 Å². The molecule has 0 saturated carbocycles. The molecule has 1 saturated heterocycles. The molecule has 3 heterocycles. The minimum atomic E-state index is -0.404. The lowest BCUT2D eigenvalue weighted by Crippen LogP contribution is -2.32. The Morgan fingerprint density at radius 3 is 2.67 bits per heavy atom. The van der Waals surface area contributed by atoms with E-state index in [4.69, 9.17) is 0 Å². The van der Waals surface area contributed by atoms with Crippen molar-refractivity contribution < 1.29 is 4.92 Å². The maximum absolute atomic E-state index is 10.8. The van der Waals surface area contributed by atoms with Gasteiger partial charge in [-0.3, -0.25) is 19.8 Å². The van der Waals surface area contributed by atoms with E-state index in [2.05, 4.69) is 21.2 Å². The zero-order chi connectivity index (χ0) is 14.8. The van der Waals surface area contributed by atoms with Crippen LogP contribution >= 0.6 is 0 Å². The van der Waals surface area contributed by atoms with Crippen molar-refractivity contribution in [2.24, 2.45) is 7.05 Å². The number of anilines is 1. The van der Waals surface area contributed by atoms with E-state index in [1.165, 1.54) is 11.8 Å². The summed E-state index contributed by atoms with van der Waals surface area (Å²) in [5.41, 5.74) is 2.14. The highest BCUT2D eigenvalue weighted by Crippen LogP contribution is 2.30. The van der Waals surface area contributed by atoms with Crippen LogP contribution in [0.25, 0.3) is 0 Å². The fourth-order valence-electron chi connectivity index (χ4n) is 2.81. The van der Waals surface area contributed by atoms with E-state index in [1.54, 1.807) is 12.3 Å². The number of nitrogens with zero attached hydrogens (tertiary/aromatic N) is 5. The van der Waals surface area contributed by atoms with Crippen LogP contribution < -0.4 is 4.90 Å². The first kappa shape index (κ1) is 13.5. The summed E-state index contributed by atoms with van der Waals surface area (Å²) in [4.78, 5) is 16.5. The largest absolute Gasteiger partial charge is 0.370 e. The summed E-state index contributed by atoms with van der Waals surface area (Å²) in [5, 5.41) is 15.0. The van der Waals surface area contributed by atoms with Gasteiger partial charge in [0.25, 0.3) is 5.69 Å². The molecule has 1 fully saturated rings. The van der Waals surface area contributed by atoms with Gasteiger partial charge < -0.3 is 4.90 Å². The van der Waals surface area contributed by atoms with Crippen molar-refractivity contribution in [3.05, 3.63) is 46.5 Å². The number of piperidine rings is 1. The molecule has 0 aliphatic carbocycles. The van der Waals surface area contributed by atoms with Gasteiger partial charge in [-0.1, -0.05) is 0 Å². The van der Waals surface area contributed by atoms with Gasteiger partial charge in [0.2, 0.25) is 0 Å². The van der Waals surface area contributed by atoms with Gasteiger partial charge in [-0.15, -0.1) is 0 Å². The number of nitro groups is 1. The summed E-state index contributed by atoms with van der Waals surface area (Å²) in [7, 11) is 1.92. The van der Waals surface area contributed by atoms with Crippen molar-refractivity contribution in [2.75, 3.05) is 18.0 Å². The lowest BCUT2D eigenvalue weighted by atomic mass is 9.91. The van der Waals surface area contributed by atoms with Crippen LogP contribution in [0.2, 0.25) is 0 Å². The van der Waals surface area contributed by atoms with Crippen LogP contribution in [0.1, 0.15) is 24.3 Å². The standard InChI is InChI=1S/C14H17N5O2/c1-17-10-12(7-16-17)11-2-4-18(5-3-11)13-6-14(19(20)21)9-15-8-13/h6-11H,2-5H2,1H3. The van der Waals surface area contributed by atoms with Crippen molar-refractivity contribution in [3.63, 3.8) is 0 Å². The number of rotatable bonds is 3. The molecule has 110 valence electrons. The molecule has 0 N–H and O–H groups in total. The summed E-state index contributed by atoms with van der Waals surface area (Å²) in [5.74, 6) is 0.515. The fraction of sp³-hybridized carbons (Fsp3) is 0.429. The van der Waals surface area contributed by atoms with Crippen LogP contribution in [-0.2, 0) is 7.05 Å². The van der Waals surface area contributed by atoms with Crippen molar-refractivity contribution in [2.45, 2.75) is 18.8 Å². The first-order valence-corrected chi connectivity index (χ1v) is 6.96. The Bertz CT molecular complexity index is 646.